The average molecular weight is 376 g/mol. The van der Waals surface area contributed by atoms with Crippen LogP contribution in [0.3, 0.4) is 0 Å². The van der Waals surface area contributed by atoms with Gasteiger partial charge in [0.1, 0.15) is 17.2 Å². The molecular formula is C14H16ClF6N3. The number of nitrogens with one attached hydrogen (secondary N) is 1. The summed E-state index contributed by atoms with van der Waals surface area (Å²) < 4.78 is 76.6. The van der Waals surface area contributed by atoms with Crippen molar-refractivity contribution in [2.75, 3.05) is 5.32 Å². The first-order valence-corrected chi connectivity index (χ1v) is 7.75. The Hall–Kier alpha value is -1.25. The second-order valence-corrected chi connectivity index (χ2v) is 6.32. The molecule has 3 nitrogen and oxygen atoms in total. The highest BCUT2D eigenvalue weighted by Gasteiger charge is 2.60. The van der Waals surface area contributed by atoms with Crippen LogP contribution < -0.4 is 5.32 Å². The number of hydrogen-bond donors (Lipinski definition) is 1. The first kappa shape index (κ1) is 19.1. The van der Waals surface area contributed by atoms with Crippen LogP contribution in [0.1, 0.15) is 31.4 Å². The van der Waals surface area contributed by atoms with Gasteiger partial charge in [0.25, 0.3) is 0 Å². The molecule has 0 bridgehead atoms. The van der Waals surface area contributed by atoms with Crippen molar-refractivity contribution in [1.82, 2.24) is 9.97 Å². The van der Waals surface area contributed by atoms with Gasteiger partial charge in [0, 0.05) is 6.04 Å². The van der Waals surface area contributed by atoms with Gasteiger partial charge >= 0.3 is 12.4 Å². The summed E-state index contributed by atoms with van der Waals surface area (Å²) in [5, 5.41) is 3.28. The fourth-order valence-electron chi connectivity index (χ4n) is 3.07. The first-order chi connectivity index (χ1) is 11.0. The van der Waals surface area contributed by atoms with E-state index in [1.165, 1.54) is 6.33 Å². The third-order valence-electron chi connectivity index (χ3n) is 4.25. The maximum Gasteiger partial charge on any atom is 0.400 e. The van der Waals surface area contributed by atoms with E-state index in [0.717, 1.165) is 0 Å². The number of aryl methyl sites for hydroxylation is 1. The number of hydrogen-bond acceptors (Lipinski definition) is 3. The molecule has 0 spiro atoms. The zero-order valence-corrected chi connectivity index (χ0v) is 13.4. The topological polar surface area (TPSA) is 37.8 Å². The Kier molecular flexibility index (Phi) is 5.51. The van der Waals surface area contributed by atoms with Gasteiger partial charge in [-0.1, -0.05) is 11.6 Å². The van der Waals surface area contributed by atoms with Crippen LogP contribution >= 0.6 is 11.6 Å². The standard InChI is InChI=1S/C14H16ClF6N3/c1-7-10(15)12(23-6-22-7)24-9-4-2-8(3-5-9)11(13(16,17)18)14(19,20)21/h6,8-9,11H,2-5H2,1H3,(H,22,23,24). The Labute approximate surface area is 139 Å². The maximum atomic E-state index is 12.8. The van der Waals surface area contributed by atoms with Gasteiger partial charge in [-0.3, -0.25) is 0 Å². The Balaban J connectivity index is 2.01. The predicted octanol–water partition coefficient (Wildman–Crippen LogP) is 5.15. The first-order valence-electron chi connectivity index (χ1n) is 7.37. The van der Waals surface area contributed by atoms with Crippen molar-refractivity contribution in [3.05, 3.63) is 17.0 Å². The van der Waals surface area contributed by atoms with Crippen molar-refractivity contribution in [3.8, 4) is 0 Å². The Bertz CT molecular complexity index is 553. The SMILES string of the molecule is Cc1ncnc(NC2CCC(C(C(F)(F)F)C(F)(F)F)CC2)c1Cl. The van der Waals surface area contributed by atoms with E-state index in [-0.39, 0.29) is 31.7 Å². The van der Waals surface area contributed by atoms with Gasteiger partial charge in [0.2, 0.25) is 0 Å². The highest BCUT2D eigenvalue weighted by molar-refractivity contribution is 6.33. The highest BCUT2D eigenvalue weighted by atomic mass is 35.5. The molecule has 1 aliphatic rings. The highest BCUT2D eigenvalue weighted by Crippen LogP contribution is 2.48. The molecule has 0 radical (unpaired) electrons. The van der Waals surface area contributed by atoms with Gasteiger partial charge in [-0.25, -0.2) is 9.97 Å². The smallest absolute Gasteiger partial charge is 0.366 e. The summed E-state index contributed by atoms with van der Waals surface area (Å²) in [7, 11) is 0. The normalized spacial score (nSPS) is 22.7. The van der Waals surface area contributed by atoms with E-state index in [4.69, 9.17) is 11.6 Å². The van der Waals surface area contributed by atoms with Crippen LogP contribution in [0.5, 0.6) is 0 Å². The molecule has 1 fully saturated rings. The number of aromatic nitrogens is 2. The van der Waals surface area contributed by atoms with E-state index in [2.05, 4.69) is 15.3 Å². The lowest BCUT2D eigenvalue weighted by Crippen LogP contribution is -2.44. The second-order valence-electron chi connectivity index (χ2n) is 5.94. The van der Waals surface area contributed by atoms with Crippen molar-refractivity contribution in [3.63, 3.8) is 0 Å². The molecule has 0 aliphatic heterocycles. The number of rotatable bonds is 3. The molecule has 0 saturated heterocycles. The molecule has 0 atom stereocenters. The summed E-state index contributed by atoms with van der Waals surface area (Å²) in [5.74, 6) is -4.38. The number of nitrogens with zero attached hydrogens (tertiary/aromatic N) is 2. The lowest BCUT2D eigenvalue weighted by Gasteiger charge is -2.36. The van der Waals surface area contributed by atoms with Crippen LogP contribution in [0.2, 0.25) is 5.02 Å². The zero-order chi connectivity index (χ0) is 18.1. The minimum atomic E-state index is -5.28. The maximum absolute atomic E-state index is 12.8. The second kappa shape index (κ2) is 6.93. The van der Waals surface area contributed by atoms with Crippen molar-refractivity contribution in [2.45, 2.75) is 51.0 Å². The largest absolute Gasteiger partial charge is 0.400 e. The summed E-state index contributed by atoms with van der Waals surface area (Å²) in [6, 6.07) is -0.268. The summed E-state index contributed by atoms with van der Waals surface area (Å²) in [6.45, 7) is 1.67. The number of alkyl halides is 6. The Morgan fingerprint density at radius 2 is 1.58 bits per heavy atom. The molecule has 1 aromatic rings. The average Bonchev–Trinajstić information content (AvgIpc) is 2.43. The van der Waals surface area contributed by atoms with E-state index < -0.39 is 24.2 Å². The molecule has 1 aliphatic carbocycles. The molecule has 1 heterocycles. The van der Waals surface area contributed by atoms with Gasteiger partial charge in [-0.2, -0.15) is 26.3 Å². The van der Waals surface area contributed by atoms with Crippen LogP contribution in [0.25, 0.3) is 0 Å². The molecule has 1 aromatic heterocycles. The molecule has 0 unspecified atom stereocenters. The van der Waals surface area contributed by atoms with E-state index in [0.29, 0.717) is 16.5 Å². The summed E-state index contributed by atoms with van der Waals surface area (Å²) in [5.41, 5.74) is 0.539. The fourth-order valence-corrected chi connectivity index (χ4v) is 3.22. The van der Waals surface area contributed by atoms with Crippen LogP contribution in [-0.4, -0.2) is 28.4 Å². The van der Waals surface area contributed by atoms with E-state index in [1.807, 2.05) is 0 Å². The molecule has 0 aromatic carbocycles. The lowest BCUT2D eigenvalue weighted by molar-refractivity contribution is -0.300. The molecule has 0 amide bonds. The molecule has 24 heavy (non-hydrogen) atoms. The monoisotopic (exact) mass is 375 g/mol. The summed E-state index contributed by atoms with van der Waals surface area (Å²) in [4.78, 5) is 7.84. The third-order valence-corrected chi connectivity index (χ3v) is 4.71. The summed E-state index contributed by atoms with van der Waals surface area (Å²) >= 11 is 6.03. The van der Waals surface area contributed by atoms with Crippen molar-refractivity contribution < 1.29 is 26.3 Å². The van der Waals surface area contributed by atoms with Gasteiger partial charge in [0.15, 0.2) is 5.92 Å². The fraction of sp³-hybridized carbons (Fsp3) is 0.714. The van der Waals surface area contributed by atoms with E-state index in [9.17, 15) is 26.3 Å². The van der Waals surface area contributed by atoms with Gasteiger partial charge in [-0.05, 0) is 38.5 Å². The molecule has 2 rings (SSSR count). The van der Waals surface area contributed by atoms with Crippen LogP contribution in [0, 0.1) is 18.8 Å². The third kappa shape index (κ3) is 4.43. The van der Waals surface area contributed by atoms with Gasteiger partial charge < -0.3 is 5.32 Å². The van der Waals surface area contributed by atoms with Crippen LogP contribution in [0.15, 0.2) is 6.33 Å². The number of halogens is 7. The van der Waals surface area contributed by atoms with E-state index >= 15 is 0 Å². The predicted molar refractivity (Wildman–Crippen MR) is 76.7 cm³/mol. The van der Waals surface area contributed by atoms with Gasteiger partial charge in [-0.15, -0.1) is 0 Å². The number of anilines is 1. The zero-order valence-electron chi connectivity index (χ0n) is 12.7. The molecule has 10 heteroatoms. The molecule has 1 N–H and O–H groups in total. The minimum absolute atomic E-state index is 0.164. The van der Waals surface area contributed by atoms with Crippen LogP contribution in [0.4, 0.5) is 32.2 Å². The Morgan fingerprint density at radius 1 is 1.04 bits per heavy atom. The minimum Gasteiger partial charge on any atom is -0.366 e. The molecule has 136 valence electrons. The molecule has 1 saturated carbocycles. The van der Waals surface area contributed by atoms with Gasteiger partial charge in [0.05, 0.1) is 5.69 Å². The van der Waals surface area contributed by atoms with Crippen LogP contribution in [-0.2, 0) is 0 Å². The Morgan fingerprint density at radius 3 is 2.08 bits per heavy atom. The lowest BCUT2D eigenvalue weighted by atomic mass is 9.77. The van der Waals surface area contributed by atoms with Crippen molar-refractivity contribution in [2.24, 2.45) is 11.8 Å². The van der Waals surface area contributed by atoms with Crippen molar-refractivity contribution in [1.29, 1.82) is 0 Å². The molecular weight excluding hydrogens is 360 g/mol. The quantitative estimate of drug-likeness (QED) is 0.742. The summed E-state index contributed by atoms with van der Waals surface area (Å²) in [6.07, 6.45) is -9.23. The van der Waals surface area contributed by atoms with Crippen molar-refractivity contribution >= 4 is 17.4 Å². The van der Waals surface area contributed by atoms with E-state index in [1.54, 1.807) is 6.92 Å².